The first-order chi connectivity index (χ1) is 10.1. The molecule has 0 saturated carbocycles. The van der Waals surface area contributed by atoms with Crippen molar-refractivity contribution in [3.63, 3.8) is 0 Å². The van der Waals surface area contributed by atoms with Crippen LogP contribution in [0.15, 0.2) is 36.7 Å². The second-order valence-electron chi connectivity index (χ2n) is 5.54. The zero-order chi connectivity index (χ0) is 14.9. The molecular formula is C16H18ClN3O. The predicted molar refractivity (Wildman–Crippen MR) is 83.6 cm³/mol. The number of aryl methyl sites for hydroxylation is 1. The summed E-state index contributed by atoms with van der Waals surface area (Å²) in [5.41, 5.74) is 1.12. The Kier molecular flexibility index (Phi) is 3.83. The van der Waals surface area contributed by atoms with Gasteiger partial charge >= 0.3 is 0 Å². The average molecular weight is 304 g/mol. The van der Waals surface area contributed by atoms with Crippen LogP contribution in [0.4, 0.5) is 5.82 Å². The van der Waals surface area contributed by atoms with E-state index >= 15 is 0 Å². The fraction of sp³-hybridized carbons (Fsp3) is 0.375. The number of benzene rings is 1. The maximum Gasteiger partial charge on any atom is 0.132 e. The summed E-state index contributed by atoms with van der Waals surface area (Å²) in [6, 6.07) is 9.45. The van der Waals surface area contributed by atoms with Crippen LogP contribution in [0.3, 0.4) is 0 Å². The second-order valence-corrected chi connectivity index (χ2v) is 5.98. The number of hydrogen-bond acceptors (Lipinski definition) is 4. The molecule has 0 atom stereocenters. The maximum absolute atomic E-state index is 10.9. The van der Waals surface area contributed by atoms with Gasteiger partial charge in [-0.1, -0.05) is 23.7 Å². The van der Waals surface area contributed by atoms with Gasteiger partial charge in [0.05, 0.1) is 5.60 Å². The molecule has 0 radical (unpaired) electrons. The maximum atomic E-state index is 10.9. The average Bonchev–Trinajstić information content (AvgIpc) is 2.48. The molecule has 4 nitrogen and oxygen atoms in total. The van der Waals surface area contributed by atoms with Gasteiger partial charge in [0.15, 0.2) is 0 Å². The molecule has 1 aromatic carbocycles. The number of halogens is 1. The van der Waals surface area contributed by atoms with E-state index in [1.54, 1.807) is 6.33 Å². The minimum Gasteiger partial charge on any atom is -0.385 e. The van der Waals surface area contributed by atoms with Gasteiger partial charge in [0.2, 0.25) is 0 Å². The third-order valence-corrected chi connectivity index (χ3v) is 4.34. The van der Waals surface area contributed by atoms with Crippen molar-refractivity contribution in [3.8, 4) is 0 Å². The van der Waals surface area contributed by atoms with Gasteiger partial charge in [0.25, 0.3) is 0 Å². The first-order valence-electron chi connectivity index (χ1n) is 7.09. The molecule has 3 rings (SSSR count). The van der Waals surface area contributed by atoms with Crippen LogP contribution in [0.5, 0.6) is 0 Å². The summed E-state index contributed by atoms with van der Waals surface area (Å²) in [6.45, 7) is 3.50. The number of aliphatic hydroxyl groups is 1. The summed E-state index contributed by atoms with van der Waals surface area (Å²) >= 11 is 5.91. The molecular weight excluding hydrogens is 286 g/mol. The first kappa shape index (κ1) is 14.3. The van der Waals surface area contributed by atoms with Gasteiger partial charge in [-0.2, -0.15) is 0 Å². The van der Waals surface area contributed by atoms with E-state index in [2.05, 4.69) is 14.9 Å². The van der Waals surface area contributed by atoms with Crippen LogP contribution in [-0.2, 0) is 5.60 Å². The Morgan fingerprint density at radius 3 is 2.43 bits per heavy atom. The van der Waals surface area contributed by atoms with Crippen LogP contribution in [0, 0.1) is 6.92 Å². The molecule has 1 aromatic heterocycles. The van der Waals surface area contributed by atoms with E-state index in [1.165, 1.54) is 0 Å². The second kappa shape index (κ2) is 5.62. The van der Waals surface area contributed by atoms with Crippen LogP contribution >= 0.6 is 11.6 Å². The third kappa shape index (κ3) is 3.01. The zero-order valence-corrected chi connectivity index (χ0v) is 12.7. The molecule has 0 amide bonds. The van der Waals surface area contributed by atoms with Gasteiger partial charge in [0.1, 0.15) is 12.1 Å². The monoisotopic (exact) mass is 303 g/mol. The Morgan fingerprint density at radius 1 is 1.14 bits per heavy atom. The van der Waals surface area contributed by atoms with E-state index in [-0.39, 0.29) is 0 Å². The number of nitrogens with zero attached hydrogens (tertiary/aromatic N) is 3. The summed E-state index contributed by atoms with van der Waals surface area (Å²) in [6.07, 6.45) is 2.94. The van der Waals surface area contributed by atoms with Crippen LogP contribution in [0.2, 0.25) is 5.02 Å². The highest BCUT2D eigenvalue weighted by atomic mass is 35.5. The quantitative estimate of drug-likeness (QED) is 0.927. The Hall–Kier alpha value is -1.65. The lowest BCUT2D eigenvalue weighted by atomic mass is 9.84. The molecule has 1 fully saturated rings. The first-order valence-corrected chi connectivity index (χ1v) is 7.47. The molecule has 2 heterocycles. The van der Waals surface area contributed by atoms with Crippen LogP contribution < -0.4 is 4.90 Å². The SMILES string of the molecule is Cc1cc(N2CCC(O)(c3ccc(Cl)cc3)CC2)ncn1. The van der Waals surface area contributed by atoms with Crippen molar-refractivity contribution < 1.29 is 5.11 Å². The lowest BCUT2D eigenvalue weighted by Gasteiger charge is -2.39. The lowest BCUT2D eigenvalue weighted by molar-refractivity contribution is 0.0116. The zero-order valence-electron chi connectivity index (χ0n) is 12.0. The molecule has 110 valence electrons. The van der Waals surface area contributed by atoms with Crippen LogP contribution in [0.1, 0.15) is 24.1 Å². The number of anilines is 1. The van der Waals surface area contributed by atoms with Gasteiger partial charge in [-0.25, -0.2) is 9.97 Å². The van der Waals surface area contributed by atoms with E-state index in [9.17, 15) is 5.11 Å². The molecule has 0 bridgehead atoms. The van der Waals surface area contributed by atoms with Gasteiger partial charge in [-0.3, -0.25) is 0 Å². The molecule has 1 aliphatic heterocycles. The minimum atomic E-state index is -0.775. The predicted octanol–water partition coefficient (Wildman–Crippen LogP) is 2.93. The number of aromatic nitrogens is 2. The molecule has 1 N–H and O–H groups in total. The molecule has 0 aliphatic carbocycles. The lowest BCUT2D eigenvalue weighted by Crippen LogP contribution is -2.43. The molecule has 0 unspecified atom stereocenters. The molecule has 21 heavy (non-hydrogen) atoms. The largest absolute Gasteiger partial charge is 0.385 e. The van der Waals surface area contributed by atoms with Crippen LogP contribution in [0.25, 0.3) is 0 Å². The van der Waals surface area contributed by atoms with Gasteiger partial charge < -0.3 is 10.0 Å². The van der Waals surface area contributed by atoms with Crippen molar-refractivity contribution in [2.75, 3.05) is 18.0 Å². The normalized spacial score (nSPS) is 17.8. The Labute approximate surface area is 129 Å². The van der Waals surface area contributed by atoms with Crippen LogP contribution in [-0.4, -0.2) is 28.2 Å². The van der Waals surface area contributed by atoms with Crippen molar-refractivity contribution in [2.45, 2.75) is 25.4 Å². The van der Waals surface area contributed by atoms with Crippen molar-refractivity contribution in [1.29, 1.82) is 0 Å². The topological polar surface area (TPSA) is 49.2 Å². The highest BCUT2D eigenvalue weighted by Gasteiger charge is 2.34. The van der Waals surface area contributed by atoms with Crippen molar-refractivity contribution in [2.24, 2.45) is 0 Å². The number of piperidine rings is 1. The molecule has 0 spiro atoms. The van der Waals surface area contributed by atoms with Gasteiger partial charge in [-0.05, 0) is 37.5 Å². The van der Waals surface area contributed by atoms with Crippen molar-refractivity contribution in [1.82, 2.24) is 9.97 Å². The molecule has 1 saturated heterocycles. The number of rotatable bonds is 2. The Morgan fingerprint density at radius 2 is 1.81 bits per heavy atom. The standard InChI is InChI=1S/C16H18ClN3O/c1-12-10-15(19-11-18-12)20-8-6-16(21,7-9-20)13-2-4-14(17)5-3-13/h2-5,10-11,21H,6-9H2,1H3. The Balaban J connectivity index is 1.73. The van der Waals surface area contributed by atoms with Gasteiger partial charge in [-0.15, -0.1) is 0 Å². The van der Waals surface area contributed by atoms with E-state index in [1.807, 2.05) is 37.3 Å². The third-order valence-electron chi connectivity index (χ3n) is 4.09. The highest BCUT2D eigenvalue weighted by Crippen LogP contribution is 2.34. The Bertz CT molecular complexity index is 622. The van der Waals surface area contributed by atoms with E-state index in [0.717, 1.165) is 30.2 Å². The molecule has 2 aromatic rings. The van der Waals surface area contributed by atoms with Crippen molar-refractivity contribution >= 4 is 17.4 Å². The summed E-state index contributed by atoms with van der Waals surface area (Å²) in [4.78, 5) is 10.6. The fourth-order valence-electron chi connectivity index (χ4n) is 2.77. The minimum absolute atomic E-state index is 0.678. The molecule has 1 aliphatic rings. The van der Waals surface area contributed by atoms with E-state index in [0.29, 0.717) is 17.9 Å². The fourth-order valence-corrected chi connectivity index (χ4v) is 2.89. The summed E-state index contributed by atoms with van der Waals surface area (Å²) in [7, 11) is 0. The van der Waals surface area contributed by atoms with Gasteiger partial charge in [0, 0.05) is 29.9 Å². The van der Waals surface area contributed by atoms with Crippen molar-refractivity contribution in [3.05, 3.63) is 52.9 Å². The molecule has 5 heteroatoms. The smallest absolute Gasteiger partial charge is 0.132 e. The number of hydrogen-bond donors (Lipinski definition) is 1. The highest BCUT2D eigenvalue weighted by molar-refractivity contribution is 6.30. The summed E-state index contributed by atoms with van der Waals surface area (Å²) < 4.78 is 0. The summed E-state index contributed by atoms with van der Waals surface area (Å²) in [5, 5.41) is 11.5. The van der Waals surface area contributed by atoms with E-state index < -0.39 is 5.60 Å². The summed E-state index contributed by atoms with van der Waals surface area (Å²) in [5.74, 6) is 0.931. The van der Waals surface area contributed by atoms with E-state index in [4.69, 9.17) is 11.6 Å².